The minimum absolute atomic E-state index is 0.120. The van der Waals surface area contributed by atoms with Gasteiger partial charge >= 0.3 is 0 Å². The molecule has 0 saturated heterocycles. The summed E-state index contributed by atoms with van der Waals surface area (Å²) in [7, 11) is 0.0131. The molecule has 0 aliphatic rings. The van der Waals surface area contributed by atoms with Gasteiger partial charge in [-0.25, -0.2) is 8.42 Å². The van der Waals surface area contributed by atoms with Gasteiger partial charge in [0.1, 0.15) is 0 Å². The van der Waals surface area contributed by atoms with Crippen molar-refractivity contribution in [2.75, 3.05) is 4.72 Å². The summed E-state index contributed by atoms with van der Waals surface area (Å²) < 4.78 is 26.6. The third-order valence-corrected chi connectivity index (χ3v) is 7.29. The molecule has 108 valence electrons. The number of para-hydroxylation sites is 1. The van der Waals surface area contributed by atoms with Gasteiger partial charge in [-0.2, -0.15) is 0 Å². The van der Waals surface area contributed by atoms with Crippen LogP contribution in [0.25, 0.3) is 0 Å². The molecule has 0 aromatic heterocycles. The largest absolute Gasteiger partial charge is 0.282 e. The summed E-state index contributed by atoms with van der Waals surface area (Å²) in [5.74, 6) is 0. The summed E-state index contributed by atoms with van der Waals surface area (Å²) >= 11 is 0. The molecule has 0 bridgehead atoms. The van der Waals surface area contributed by atoms with Gasteiger partial charge in [0, 0.05) is 9.64 Å². The van der Waals surface area contributed by atoms with Crippen LogP contribution >= 0.6 is 21.6 Å². The Hall–Kier alpha value is -0.330. The molecule has 0 spiro atoms. The standard InChI is InChI=1S/C13H21NO2S3/c1-10(2)19(15,16)14-11-8-6-7-9-12(11)17-18-13(3,4)5/h6-10,14H,1-5H3. The van der Waals surface area contributed by atoms with E-state index in [9.17, 15) is 8.42 Å². The number of rotatable bonds is 5. The molecule has 0 heterocycles. The third-order valence-electron chi connectivity index (χ3n) is 2.14. The number of benzene rings is 1. The Bertz CT molecular complexity index is 519. The predicted octanol–water partition coefficient (Wildman–Crippen LogP) is 4.38. The molecule has 0 radical (unpaired) electrons. The van der Waals surface area contributed by atoms with Crippen molar-refractivity contribution in [2.45, 2.75) is 49.5 Å². The quantitative estimate of drug-likeness (QED) is 0.818. The lowest BCUT2D eigenvalue weighted by Crippen LogP contribution is -2.22. The van der Waals surface area contributed by atoms with E-state index in [0.29, 0.717) is 5.69 Å². The molecule has 0 unspecified atom stereocenters. The van der Waals surface area contributed by atoms with E-state index >= 15 is 0 Å². The van der Waals surface area contributed by atoms with Crippen molar-refractivity contribution in [3.63, 3.8) is 0 Å². The number of anilines is 1. The van der Waals surface area contributed by atoms with E-state index in [1.165, 1.54) is 0 Å². The normalized spacial score (nSPS) is 12.7. The van der Waals surface area contributed by atoms with E-state index < -0.39 is 15.3 Å². The Labute approximate surface area is 124 Å². The van der Waals surface area contributed by atoms with Crippen molar-refractivity contribution in [2.24, 2.45) is 0 Å². The van der Waals surface area contributed by atoms with Gasteiger partial charge in [-0.15, -0.1) is 0 Å². The SMILES string of the molecule is CC(C)S(=O)(=O)Nc1ccccc1SSC(C)(C)C. The zero-order valence-electron chi connectivity index (χ0n) is 11.9. The van der Waals surface area contributed by atoms with E-state index in [1.807, 2.05) is 18.2 Å². The van der Waals surface area contributed by atoms with Gasteiger partial charge in [0.15, 0.2) is 0 Å². The van der Waals surface area contributed by atoms with Crippen molar-refractivity contribution in [3.05, 3.63) is 24.3 Å². The Morgan fingerprint density at radius 2 is 1.74 bits per heavy atom. The number of nitrogens with one attached hydrogen (secondary N) is 1. The van der Waals surface area contributed by atoms with Gasteiger partial charge in [0.05, 0.1) is 10.9 Å². The van der Waals surface area contributed by atoms with Crippen LogP contribution in [0.2, 0.25) is 0 Å². The van der Waals surface area contributed by atoms with Gasteiger partial charge < -0.3 is 0 Å². The summed E-state index contributed by atoms with van der Waals surface area (Å²) in [6.45, 7) is 9.73. The predicted molar refractivity (Wildman–Crippen MR) is 87.3 cm³/mol. The molecule has 1 rings (SSSR count). The Morgan fingerprint density at radius 3 is 2.26 bits per heavy atom. The molecule has 1 N–H and O–H groups in total. The first-order chi connectivity index (χ1) is 8.62. The molecule has 0 amide bonds. The van der Waals surface area contributed by atoms with Gasteiger partial charge in [0.2, 0.25) is 10.0 Å². The van der Waals surface area contributed by atoms with Crippen LogP contribution in [0.15, 0.2) is 29.2 Å². The average Bonchev–Trinajstić information content (AvgIpc) is 2.26. The topological polar surface area (TPSA) is 46.2 Å². The molecule has 0 fully saturated rings. The molecule has 0 aliphatic heterocycles. The maximum atomic E-state index is 11.9. The lowest BCUT2D eigenvalue weighted by molar-refractivity contribution is 0.592. The first kappa shape index (κ1) is 16.7. The highest BCUT2D eigenvalue weighted by Gasteiger charge is 2.18. The summed E-state index contributed by atoms with van der Waals surface area (Å²) in [6, 6.07) is 7.48. The van der Waals surface area contributed by atoms with Gasteiger partial charge in [0.25, 0.3) is 0 Å². The lowest BCUT2D eigenvalue weighted by Gasteiger charge is -2.18. The van der Waals surface area contributed by atoms with Crippen LogP contribution in [-0.2, 0) is 10.0 Å². The highest BCUT2D eigenvalue weighted by molar-refractivity contribution is 8.77. The second kappa shape index (κ2) is 6.41. The zero-order valence-corrected chi connectivity index (χ0v) is 14.4. The van der Waals surface area contributed by atoms with Crippen LogP contribution in [0, 0.1) is 0 Å². The number of hydrogen-bond donors (Lipinski definition) is 1. The van der Waals surface area contributed by atoms with Crippen molar-refractivity contribution < 1.29 is 8.42 Å². The molecule has 0 aliphatic carbocycles. The molecule has 1 aromatic rings. The van der Waals surface area contributed by atoms with E-state index in [-0.39, 0.29) is 4.75 Å². The lowest BCUT2D eigenvalue weighted by atomic mass is 10.3. The number of sulfonamides is 1. The highest BCUT2D eigenvalue weighted by Crippen LogP contribution is 2.43. The molecular formula is C13H21NO2S3. The Kier molecular flexibility index (Phi) is 5.65. The van der Waals surface area contributed by atoms with Crippen LogP contribution in [0.4, 0.5) is 5.69 Å². The van der Waals surface area contributed by atoms with E-state index in [0.717, 1.165) is 4.90 Å². The average molecular weight is 320 g/mol. The molecule has 1 aromatic carbocycles. The second-order valence-corrected chi connectivity index (χ2v) is 10.7. The Morgan fingerprint density at radius 1 is 1.16 bits per heavy atom. The van der Waals surface area contributed by atoms with Gasteiger partial charge in [-0.05, 0) is 26.0 Å². The van der Waals surface area contributed by atoms with Gasteiger partial charge in [-0.3, -0.25) is 4.72 Å². The fraction of sp³-hybridized carbons (Fsp3) is 0.538. The smallest absolute Gasteiger partial charge is 0.235 e. The maximum absolute atomic E-state index is 11.9. The molecule has 0 saturated carbocycles. The Balaban J connectivity index is 2.91. The first-order valence-electron chi connectivity index (χ1n) is 6.08. The molecule has 3 nitrogen and oxygen atoms in total. The van der Waals surface area contributed by atoms with E-state index in [1.54, 1.807) is 41.5 Å². The van der Waals surface area contributed by atoms with E-state index in [2.05, 4.69) is 25.5 Å². The van der Waals surface area contributed by atoms with Crippen LogP contribution < -0.4 is 4.72 Å². The molecule has 19 heavy (non-hydrogen) atoms. The summed E-state index contributed by atoms with van der Waals surface area (Å²) in [5, 5.41) is -0.444. The fourth-order valence-corrected chi connectivity index (χ4v) is 3.99. The van der Waals surface area contributed by atoms with Crippen molar-refractivity contribution >= 4 is 37.3 Å². The summed E-state index contributed by atoms with van der Waals surface area (Å²) in [6.07, 6.45) is 0. The van der Waals surface area contributed by atoms with E-state index in [4.69, 9.17) is 0 Å². The van der Waals surface area contributed by atoms with Crippen molar-refractivity contribution in [1.82, 2.24) is 0 Å². The third kappa shape index (κ3) is 5.67. The molecular weight excluding hydrogens is 298 g/mol. The highest BCUT2D eigenvalue weighted by atomic mass is 33.1. The van der Waals surface area contributed by atoms with Crippen molar-refractivity contribution in [3.8, 4) is 0 Å². The minimum atomic E-state index is -3.30. The van der Waals surface area contributed by atoms with Gasteiger partial charge in [-0.1, -0.05) is 54.5 Å². The maximum Gasteiger partial charge on any atom is 0.235 e. The zero-order chi connectivity index (χ0) is 14.7. The summed E-state index contributed by atoms with van der Waals surface area (Å²) in [5.41, 5.74) is 0.651. The molecule has 0 atom stereocenters. The van der Waals surface area contributed by atoms with Crippen LogP contribution in [0.5, 0.6) is 0 Å². The minimum Gasteiger partial charge on any atom is -0.282 e. The number of hydrogen-bond acceptors (Lipinski definition) is 4. The second-order valence-electron chi connectivity index (χ2n) is 5.47. The van der Waals surface area contributed by atoms with Crippen molar-refractivity contribution in [1.29, 1.82) is 0 Å². The monoisotopic (exact) mass is 319 g/mol. The molecule has 6 heteroatoms. The van der Waals surface area contributed by atoms with Crippen LogP contribution in [-0.4, -0.2) is 18.4 Å². The first-order valence-corrected chi connectivity index (χ1v) is 9.78. The van der Waals surface area contributed by atoms with Crippen LogP contribution in [0.3, 0.4) is 0 Å². The van der Waals surface area contributed by atoms with Crippen LogP contribution in [0.1, 0.15) is 34.6 Å². The summed E-state index contributed by atoms with van der Waals surface area (Å²) in [4.78, 5) is 0.937. The fourth-order valence-electron chi connectivity index (χ4n) is 1.06.